The van der Waals surface area contributed by atoms with Crippen LogP contribution in [0.2, 0.25) is 0 Å². The summed E-state index contributed by atoms with van der Waals surface area (Å²) in [4.78, 5) is 0. The maximum absolute atomic E-state index is 9.11. The number of hydrogen-bond donors (Lipinski definition) is 2. The fourth-order valence-electron chi connectivity index (χ4n) is 1.28. The quantitative estimate of drug-likeness (QED) is 0.565. The largest absolute Gasteiger partial charge is 0.395 e. The summed E-state index contributed by atoms with van der Waals surface area (Å²) in [7, 11) is 1.73. The Hall–Kier alpha value is 0.230. The van der Waals surface area contributed by atoms with E-state index >= 15 is 0 Å². The molecule has 0 radical (unpaired) electrons. The van der Waals surface area contributed by atoms with Gasteiger partial charge < -0.3 is 15.2 Å². The number of methoxy groups -OCH3 is 1. The Bertz CT molecular complexity index is 142. The molecule has 1 saturated carbocycles. The maximum Gasteiger partial charge on any atom is 0.0585 e. The molecule has 14 heavy (non-hydrogen) atoms. The second kappa shape index (κ2) is 7.51. The summed E-state index contributed by atoms with van der Waals surface area (Å²) < 4.78 is 4.96. The summed E-state index contributed by atoms with van der Waals surface area (Å²) in [6, 6.07) is 0.994. The highest BCUT2D eigenvalue weighted by Crippen LogP contribution is 2.20. The minimum atomic E-state index is 0.265. The molecule has 0 aromatic carbocycles. The zero-order valence-electron chi connectivity index (χ0n) is 8.87. The van der Waals surface area contributed by atoms with Gasteiger partial charge in [0.25, 0.3) is 0 Å². The van der Waals surface area contributed by atoms with Gasteiger partial charge in [-0.1, -0.05) is 0 Å². The Kier molecular flexibility index (Phi) is 6.60. The molecule has 1 fully saturated rings. The van der Waals surface area contributed by atoms with Crippen LogP contribution in [0.15, 0.2) is 0 Å². The van der Waals surface area contributed by atoms with Crippen molar-refractivity contribution in [2.24, 2.45) is 0 Å². The van der Waals surface area contributed by atoms with Gasteiger partial charge in [0, 0.05) is 24.9 Å². The summed E-state index contributed by atoms with van der Waals surface area (Å²) >= 11 is 1.89. The molecule has 84 valence electrons. The van der Waals surface area contributed by atoms with Crippen molar-refractivity contribution in [1.82, 2.24) is 5.32 Å². The van der Waals surface area contributed by atoms with Crippen molar-refractivity contribution in [3.8, 4) is 0 Å². The molecular weight excluding hydrogens is 198 g/mol. The molecule has 0 aromatic rings. The number of rotatable bonds is 9. The number of nitrogens with one attached hydrogen (secondary N) is 1. The highest BCUT2D eigenvalue weighted by Gasteiger charge is 2.23. The standard InChI is InChI=1S/C10H21NO2S/c1-13-5-7-14-6-4-10(8-12)11-9-2-3-9/h9-12H,2-8H2,1H3. The number of thioether (sulfide) groups is 1. The van der Waals surface area contributed by atoms with E-state index in [9.17, 15) is 0 Å². The first-order valence-corrected chi connectivity index (χ1v) is 6.46. The van der Waals surface area contributed by atoms with E-state index in [0.29, 0.717) is 12.1 Å². The molecule has 1 atom stereocenters. The summed E-state index contributed by atoms with van der Waals surface area (Å²) in [5, 5.41) is 12.5. The SMILES string of the molecule is COCCSCCC(CO)NC1CC1. The lowest BCUT2D eigenvalue weighted by atomic mass is 10.2. The van der Waals surface area contributed by atoms with E-state index in [1.165, 1.54) is 12.8 Å². The van der Waals surface area contributed by atoms with Gasteiger partial charge in [0.05, 0.1) is 13.2 Å². The average molecular weight is 219 g/mol. The molecule has 0 aromatic heterocycles. The van der Waals surface area contributed by atoms with Crippen molar-refractivity contribution in [1.29, 1.82) is 0 Å². The molecule has 1 aliphatic rings. The van der Waals surface area contributed by atoms with Crippen LogP contribution in [-0.2, 0) is 4.74 Å². The predicted molar refractivity (Wildman–Crippen MR) is 60.8 cm³/mol. The van der Waals surface area contributed by atoms with Crippen LogP contribution in [0.4, 0.5) is 0 Å². The van der Waals surface area contributed by atoms with Crippen LogP contribution in [0.5, 0.6) is 0 Å². The van der Waals surface area contributed by atoms with E-state index in [1.54, 1.807) is 7.11 Å². The van der Waals surface area contributed by atoms with Crippen LogP contribution in [0.25, 0.3) is 0 Å². The molecule has 0 heterocycles. The Morgan fingerprint density at radius 1 is 1.50 bits per heavy atom. The second-order valence-corrected chi connectivity index (χ2v) is 4.94. The van der Waals surface area contributed by atoms with Crippen molar-refractivity contribution in [2.45, 2.75) is 31.3 Å². The molecular formula is C10H21NO2S. The first kappa shape index (κ1) is 12.3. The topological polar surface area (TPSA) is 41.5 Å². The smallest absolute Gasteiger partial charge is 0.0585 e. The van der Waals surface area contributed by atoms with E-state index in [2.05, 4.69) is 5.32 Å². The number of hydrogen-bond acceptors (Lipinski definition) is 4. The molecule has 1 rings (SSSR count). The van der Waals surface area contributed by atoms with Crippen molar-refractivity contribution >= 4 is 11.8 Å². The summed E-state index contributed by atoms with van der Waals surface area (Å²) in [6.45, 7) is 1.09. The van der Waals surface area contributed by atoms with Crippen LogP contribution in [0, 0.1) is 0 Å². The lowest BCUT2D eigenvalue weighted by Crippen LogP contribution is -2.34. The minimum absolute atomic E-state index is 0.265. The first-order chi connectivity index (χ1) is 6.86. The zero-order chi connectivity index (χ0) is 10.2. The van der Waals surface area contributed by atoms with Gasteiger partial charge in [-0.3, -0.25) is 0 Å². The zero-order valence-corrected chi connectivity index (χ0v) is 9.68. The average Bonchev–Trinajstić information content (AvgIpc) is 2.99. The molecule has 0 spiro atoms. The van der Waals surface area contributed by atoms with Gasteiger partial charge in [-0.2, -0.15) is 11.8 Å². The van der Waals surface area contributed by atoms with Gasteiger partial charge in [-0.25, -0.2) is 0 Å². The van der Waals surface area contributed by atoms with Crippen molar-refractivity contribution in [2.75, 3.05) is 31.8 Å². The maximum atomic E-state index is 9.11. The van der Waals surface area contributed by atoms with Crippen LogP contribution in [-0.4, -0.2) is 49.0 Å². The van der Waals surface area contributed by atoms with Crippen molar-refractivity contribution in [3.63, 3.8) is 0 Å². The summed E-state index contributed by atoms with van der Waals surface area (Å²) in [5.41, 5.74) is 0. The van der Waals surface area contributed by atoms with E-state index in [1.807, 2.05) is 11.8 Å². The Morgan fingerprint density at radius 2 is 2.29 bits per heavy atom. The first-order valence-electron chi connectivity index (χ1n) is 5.30. The fraction of sp³-hybridized carbons (Fsp3) is 1.00. The van der Waals surface area contributed by atoms with Gasteiger partial charge in [0.1, 0.15) is 0 Å². The number of ether oxygens (including phenoxy) is 1. The Morgan fingerprint density at radius 3 is 2.86 bits per heavy atom. The van der Waals surface area contributed by atoms with E-state index in [4.69, 9.17) is 9.84 Å². The van der Waals surface area contributed by atoms with Gasteiger partial charge in [-0.15, -0.1) is 0 Å². The molecule has 2 N–H and O–H groups in total. The lowest BCUT2D eigenvalue weighted by molar-refractivity contribution is 0.218. The number of aliphatic hydroxyl groups is 1. The van der Waals surface area contributed by atoms with Gasteiger partial charge in [-0.05, 0) is 25.0 Å². The van der Waals surface area contributed by atoms with Crippen LogP contribution in [0.3, 0.4) is 0 Å². The molecule has 4 heteroatoms. The Balaban J connectivity index is 1.90. The molecule has 0 aliphatic heterocycles. The van der Waals surface area contributed by atoms with Crippen molar-refractivity contribution in [3.05, 3.63) is 0 Å². The van der Waals surface area contributed by atoms with Gasteiger partial charge >= 0.3 is 0 Å². The molecule has 3 nitrogen and oxygen atoms in total. The fourth-order valence-corrected chi connectivity index (χ4v) is 2.22. The third-order valence-corrected chi connectivity index (χ3v) is 3.29. The molecule has 0 saturated heterocycles. The van der Waals surface area contributed by atoms with Gasteiger partial charge in [0.2, 0.25) is 0 Å². The van der Waals surface area contributed by atoms with Crippen LogP contribution < -0.4 is 5.32 Å². The normalized spacial score (nSPS) is 18.4. The number of aliphatic hydroxyl groups excluding tert-OH is 1. The molecule has 0 bridgehead atoms. The molecule has 1 unspecified atom stereocenters. The minimum Gasteiger partial charge on any atom is -0.395 e. The third-order valence-electron chi connectivity index (χ3n) is 2.31. The highest BCUT2D eigenvalue weighted by atomic mass is 32.2. The third kappa shape index (κ3) is 5.86. The van der Waals surface area contributed by atoms with E-state index in [-0.39, 0.29) is 6.61 Å². The molecule has 0 amide bonds. The summed E-state index contributed by atoms with van der Waals surface area (Å²) in [6.07, 6.45) is 3.63. The van der Waals surface area contributed by atoms with Crippen LogP contribution >= 0.6 is 11.8 Å². The second-order valence-electron chi connectivity index (χ2n) is 3.71. The van der Waals surface area contributed by atoms with E-state index < -0.39 is 0 Å². The molecule has 1 aliphatic carbocycles. The van der Waals surface area contributed by atoms with E-state index in [0.717, 1.165) is 24.5 Å². The monoisotopic (exact) mass is 219 g/mol. The van der Waals surface area contributed by atoms with Gasteiger partial charge in [0.15, 0.2) is 0 Å². The summed E-state index contributed by atoms with van der Waals surface area (Å²) in [5.74, 6) is 2.16. The predicted octanol–water partition coefficient (Wildman–Crippen LogP) is 0.869. The highest BCUT2D eigenvalue weighted by molar-refractivity contribution is 7.99. The lowest BCUT2D eigenvalue weighted by Gasteiger charge is -2.15. The van der Waals surface area contributed by atoms with Crippen molar-refractivity contribution < 1.29 is 9.84 Å². The Labute approximate surface area is 90.6 Å². The van der Waals surface area contributed by atoms with Crippen LogP contribution in [0.1, 0.15) is 19.3 Å².